The molecule has 0 aliphatic carbocycles. The molecule has 2 heteroatoms. The zero-order valence-electron chi connectivity index (χ0n) is 8.57. The van der Waals surface area contributed by atoms with Crippen LogP contribution in [0.2, 0.25) is 0 Å². The van der Waals surface area contributed by atoms with Crippen LogP contribution in [0.25, 0.3) is 0 Å². The molecule has 0 atom stereocenters. The Morgan fingerprint density at radius 3 is 2.54 bits per heavy atom. The smallest absolute Gasteiger partial charge is 0.0443 e. The lowest BCUT2D eigenvalue weighted by Gasteiger charge is -1.91. The minimum absolute atomic E-state index is 0.338. The molecular weight excluding hydrogens is 160 g/mol. The molecule has 0 aliphatic heterocycles. The molecule has 13 heavy (non-hydrogen) atoms. The first-order valence-electron chi connectivity index (χ1n) is 4.45. The Morgan fingerprint density at radius 2 is 2.00 bits per heavy atom. The minimum Gasteiger partial charge on any atom is -0.399 e. The van der Waals surface area contributed by atoms with E-state index in [1.165, 1.54) is 0 Å². The molecule has 2 nitrogen and oxygen atoms in total. The number of hydrogen-bond acceptors (Lipinski definition) is 2. The zero-order chi connectivity index (χ0) is 10.1. The van der Waals surface area contributed by atoms with Crippen LogP contribution < -0.4 is 5.73 Å². The highest BCUT2D eigenvalue weighted by molar-refractivity contribution is 5.71. The van der Waals surface area contributed by atoms with Crippen molar-refractivity contribution in [3.05, 3.63) is 36.1 Å². The molecule has 0 rings (SSSR count). The van der Waals surface area contributed by atoms with Gasteiger partial charge in [0.1, 0.15) is 0 Å². The Bertz CT molecular complexity index is 232. The van der Waals surface area contributed by atoms with Gasteiger partial charge in [0.15, 0.2) is 0 Å². The van der Waals surface area contributed by atoms with Crippen molar-refractivity contribution in [3.63, 3.8) is 0 Å². The van der Waals surface area contributed by atoms with E-state index in [9.17, 15) is 0 Å². The highest BCUT2D eigenvalue weighted by atomic mass is 14.7. The fraction of sp³-hybridized carbons (Fsp3) is 0.364. The van der Waals surface area contributed by atoms with Crippen LogP contribution in [-0.4, -0.2) is 12.3 Å². The summed E-state index contributed by atoms with van der Waals surface area (Å²) in [6, 6.07) is 0.338. The van der Waals surface area contributed by atoms with Crippen LogP contribution in [0, 0.1) is 0 Å². The predicted octanol–water partition coefficient (Wildman–Crippen LogP) is 2.44. The molecule has 0 unspecified atom stereocenters. The van der Waals surface area contributed by atoms with Gasteiger partial charge < -0.3 is 5.73 Å². The van der Waals surface area contributed by atoms with Gasteiger partial charge in [0.05, 0.1) is 0 Å². The summed E-state index contributed by atoms with van der Waals surface area (Å²) >= 11 is 0. The molecule has 0 saturated carbocycles. The van der Waals surface area contributed by atoms with Crippen molar-refractivity contribution in [2.24, 2.45) is 10.7 Å². The van der Waals surface area contributed by atoms with Gasteiger partial charge in [-0.2, -0.15) is 0 Å². The fourth-order valence-electron chi connectivity index (χ4n) is 0.639. The standard InChI is InChI=1S/C11H18N2/c1-4-5-7-11(12)8-6-9-13-10(2)3/h4-10H,12H2,1-3H3/b5-4+,8-6-,11-7+,13-9?. The third-order valence-electron chi connectivity index (χ3n) is 1.24. The van der Waals surface area contributed by atoms with E-state index in [1.807, 2.05) is 51.2 Å². The van der Waals surface area contributed by atoms with Crippen molar-refractivity contribution in [2.75, 3.05) is 0 Å². The van der Waals surface area contributed by atoms with E-state index in [4.69, 9.17) is 5.73 Å². The zero-order valence-corrected chi connectivity index (χ0v) is 8.57. The van der Waals surface area contributed by atoms with Crippen molar-refractivity contribution >= 4 is 6.21 Å². The minimum atomic E-state index is 0.338. The van der Waals surface area contributed by atoms with Crippen LogP contribution in [0.4, 0.5) is 0 Å². The molecule has 72 valence electrons. The maximum Gasteiger partial charge on any atom is 0.0443 e. The van der Waals surface area contributed by atoms with Crippen LogP contribution in [0.1, 0.15) is 20.8 Å². The van der Waals surface area contributed by atoms with Crippen molar-refractivity contribution in [2.45, 2.75) is 26.8 Å². The normalized spacial score (nSPS) is 14.3. The molecule has 0 saturated heterocycles. The summed E-state index contributed by atoms with van der Waals surface area (Å²) in [7, 11) is 0. The molecule has 2 N–H and O–H groups in total. The predicted molar refractivity (Wildman–Crippen MR) is 59.9 cm³/mol. The van der Waals surface area contributed by atoms with Crippen molar-refractivity contribution < 1.29 is 0 Å². The number of hydrogen-bond donors (Lipinski definition) is 1. The number of aliphatic imine (C=N–C) groups is 1. The van der Waals surface area contributed by atoms with E-state index in [0.717, 1.165) is 5.70 Å². The number of nitrogens with two attached hydrogens (primary N) is 1. The third-order valence-corrected chi connectivity index (χ3v) is 1.24. The van der Waals surface area contributed by atoms with Gasteiger partial charge in [-0.05, 0) is 39.0 Å². The van der Waals surface area contributed by atoms with Crippen LogP contribution in [0.15, 0.2) is 41.1 Å². The van der Waals surface area contributed by atoms with E-state index in [2.05, 4.69) is 4.99 Å². The van der Waals surface area contributed by atoms with Crippen LogP contribution in [0.5, 0.6) is 0 Å². The molecule has 0 bridgehead atoms. The van der Waals surface area contributed by atoms with E-state index in [1.54, 1.807) is 6.21 Å². The second kappa shape index (κ2) is 7.35. The lowest BCUT2D eigenvalue weighted by molar-refractivity contribution is 0.842. The van der Waals surface area contributed by atoms with Gasteiger partial charge >= 0.3 is 0 Å². The monoisotopic (exact) mass is 178 g/mol. The highest BCUT2D eigenvalue weighted by Gasteiger charge is 1.80. The molecule has 0 heterocycles. The number of allylic oxidation sites excluding steroid dienone is 5. The topological polar surface area (TPSA) is 38.4 Å². The van der Waals surface area contributed by atoms with E-state index in [0.29, 0.717) is 6.04 Å². The van der Waals surface area contributed by atoms with Crippen molar-refractivity contribution in [3.8, 4) is 0 Å². The lowest BCUT2D eigenvalue weighted by Crippen LogP contribution is -1.92. The molecule has 0 aromatic carbocycles. The van der Waals surface area contributed by atoms with Gasteiger partial charge in [0, 0.05) is 18.0 Å². The Balaban J connectivity index is 3.98. The quantitative estimate of drug-likeness (QED) is 0.521. The Hall–Kier alpha value is -1.31. The largest absolute Gasteiger partial charge is 0.399 e. The Labute approximate surface area is 80.6 Å². The molecular formula is C11H18N2. The molecule has 0 aliphatic rings. The molecule has 0 aromatic rings. The van der Waals surface area contributed by atoms with Gasteiger partial charge in [-0.15, -0.1) is 0 Å². The second-order valence-corrected chi connectivity index (χ2v) is 2.94. The first-order valence-corrected chi connectivity index (χ1v) is 4.45. The SMILES string of the molecule is C/C=C/C=C(N)\C=C/C=NC(C)C. The molecule has 0 aromatic heterocycles. The average molecular weight is 178 g/mol. The maximum absolute atomic E-state index is 5.64. The Morgan fingerprint density at radius 1 is 1.31 bits per heavy atom. The number of nitrogens with zero attached hydrogens (tertiary/aromatic N) is 1. The van der Waals surface area contributed by atoms with Crippen molar-refractivity contribution in [1.82, 2.24) is 0 Å². The summed E-state index contributed by atoms with van der Waals surface area (Å²) in [5, 5.41) is 0. The first-order chi connectivity index (χ1) is 6.16. The first kappa shape index (κ1) is 11.7. The summed E-state index contributed by atoms with van der Waals surface area (Å²) < 4.78 is 0. The van der Waals surface area contributed by atoms with Crippen LogP contribution in [-0.2, 0) is 0 Å². The van der Waals surface area contributed by atoms with Crippen LogP contribution in [0.3, 0.4) is 0 Å². The summed E-state index contributed by atoms with van der Waals surface area (Å²) in [5.74, 6) is 0. The summed E-state index contributed by atoms with van der Waals surface area (Å²) in [4.78, 5) is 4.16. The molecule has 0 amide bonds. The second-order valence-electron chi connectivity index (χ2n) is 2.94. The lowest BCUT2D eigenvalue weighted by atomic mass is 10.3. The maximum atomic E-state index is 5.64. The molecule has 0 fully saturated rings. The Kier molecular flexibility index (Phi) is 6.60. The fourth-order valence-corrected chi connectivity index (χ4v) is 0.639. The molecule has 0 spiro atoms. The van der Waals surface area contributed by atoms with E-state index in [-0.39, 0.29) is 0 Å². The summed E-state index contributed by atoms with van der Waals surface area (Å²) in [5.41, 5.74) is 6.37. The van der Waals surface area contributed by atoms with E-state index < -0.39 is 0 Å². The van der Waals surface area contributed by atoms with Crippen molar-refractivity contribution in [1.29, 1.82) is 0 Å². The third kappa shape index (κ3) is 8.60. The van der Waals surface area contributed by atoms with Gasteiger partial charge in [0.2, 0.25) is 0 Å². The van der Waals surface area contributed by atoms with Crippen LogP contribution >= 0.6 is 0 Å². The highest BCUT2D eigenvalue weighted by Crippen LogP contribution is 1.88. The van der Waals surface area contributed by atoms with Gasteiger partial charge in [-0.1, -0.05) is 12.2 Å². The average Bonchev–Trinajstić information content (AvgIpc) is 2.08. The van der Waals surface area contributed by atoms with Gasteiger partial charge in [-0.25, -0.2) is 0 Å². The van der Waals surface area contributed by atoms with Gasteiger partial charge in [0.25, 0.3) is 0 Å². The van der Waals surface area contributed by atoms with Gasteiger partial charge in [-0.3, -0.25) is 4.99 Å². The summed E-state index contributed by atoms with van der Waals surface area (Å²) in [6.45, 7) is 6.01. The summed E-state index contributed by atoms with van der Waals surface area (Å²) in [6.07, 6.45) is 11.1. The van der Waals surface area contributed by atoms with E-state index >= 15 is 0 Å². The number of rotatable bonds is 4. The molecule has 0 radical (unpaired) electrons.